The number of carbonyl (C=O) groups excluding carboxylic acids is 1. The molecule has 0 radical (unpaired) electrons. The maximum atomic E-state index is 13.0. The predicted molar refractivity (Wildman–Crippen MR) is 109 cm³/mol. The highest BCUT2D eigenvalue weighted by atomic mass is 16.5. The number of carbonyl (C=O) groups is 1. The third-order valence-corrected chi connectivity index (χ3v) is 7.61. The molecule has 0 aromatic heterocycles. The third-order valence-electron chi connectivity index (χ3n) is 7.61. The third kappa shape index (κ3) is 3.61. The van der Waals surface area contributed by atoms with E-state index in [2.05, 4.69) is 22.3 Å². The van der Waals surface area contributed by atoms with Crippen LogP contribution in [0.4, 0.5) is 4.79 Å². The van der Waals surface area contributed by atoms with Crippen molar-refractivity contribution in [2.45, 2.75) is 50.6 Å². The molecule has 2 amide bonds. The number of piperazine rings is 1. The summed E-state index contributed by atoms with van der Waals surface area (Å²) in [6, 6.07) is 8.46. The van der Waals surface area contributed by atoms with Crippen molar-refractivity contribution in [1.82, 2.24) is 15.1 Å². The summed E-state index contributed by atoms with van der Waals surface area (Å²) in [7, 11) is 1.71. The first-order valence-electron chi connectivity index (χ1n) is 11.0. The number of hydrogen-bond donors (Lipinski definition) is 1. The van der Waals surface area contributed by atoms with E-state index in [1.165, 1.54) is 44.1 Å². The molecule has 152 valence electrons. The zero-order valence-electron chi connectivity index (χ0n) is 17.0. The Morgan fingerprint density at radius 1 is 1.07 bits per heavy atom. The zero-order chi connectivity index (χ0) is 19.1. The summed E-state index contributed by atoms with van der Waals surface area (Å²) in [4.78, 5) is 17.5. The van der Waals surface area contributed by atoms with Crippen molar-refractivity contribution in [3.63, 3.8) is 0 Å². The van der Waals surface area contributed by atoms with Crippen LogP contribution in [0, 0.1) is 17.8 Å². The quantitative estimate of drug-likeness (QED) is 0.866. The summed E-state index contributed by atoms with van der Waals surface area (Å²) in [5, 5.41) is 3.53. The van der Waals surface area contributed by atoms with Crippen LogP contribution in [0.2, 0.25) is 0 Å². The Labute approximate surface area is 168 Å². The van der Waals surface area contributed by atoms with Gasteiger partial charge in [0.15, 0.2) is 0 Å². The fraction of sp³-hybridized carbons (Fsp3) is 0.696. The number of hydrogen-bond acceptors (Lipinski definition) is 3. The zero-order valence-corrected chi connectivity index (χ0v) is 17.0. The minimum atomic E-state index is 0.115. The second kappa shape index (κ2) is 7.25. The molecule has 1 heterocycles. The minimum absolute atomic E-state index is 0.115. The first kappa shape index (κ1) is 18.3. The van der Waals surface area contributed by atoms with Gasteiger partial charge < -0.3 is 15.0 Å². The van der Waals surface area contributed by atoms with Gasteiger partial charge in [0.1, 0.15) is 5.75 Å². The number of rotatable bonds is 4. The van der Waals surface area contributed by atoms with Crippen LogP contribution in [-0.2, 0) is 6.54 Å². The first-order valence-corrected chi connectivity index (χ1v) is 11.0. The smallest absolute Gasteiger partial charge is 0.317 e. The van der Waals surface area contributed by atoms with Crippen LogP contribution < -0.4 is 10.1 Å². The van der Waals surface area contributed by atoms with Crippen LogP contribution >= 0.6 is 0 Å². The van der Waals surface area contributed by atoms with E-state index < -0.39 is 0 Å². The second-order valence-corrected chi connectivity index (χ2v) is 9.74. The van der Waals surface area contributed by atoms with Gasteiger partial charge in [0, 0.05) is 38.3 Å². The number of nitrogens with zero attached hydrogens (tertiary/aromatic N) is 2. The van der Waals surface area contributed by atoms with Gasteiger partial charge in [-0.1, -0.05) is 12.1 Å². The van der Waals surface area contributed by atoms with Crippen LogP contribution in [0.3, 0.4) is 0 Å². The summed E-state index contributed by atoms with van der Waals surface area (Å²) < 4.78 is 5.33. The van der Waals surface area contributed by atoms with E-state index >= 15 is 0 Å². The molecule has 4 saturated carbocycles. The SMILES string of the molecule is COc1cccc(CN2CCN(C(=O)NC34CC5CC(CC(C5)C3)C4)CC2)c1. The highest BCUT2D eigenvalue weighted by Crippen LogP contribution is 2.55. The summed E-state index contributed by atoms with van der Waals surface area (Å²) in [6.45, 7) is 4.43. The average molecular weight is 384 g/mol. The molecular formula is C23H33N3O2. The Bertz CT molecular complexity index is 691. The van der Waals surface area contributed by atoms with Crippen LogP contribution in [0.15, 0.2) is 24.3 Å². The van der Waals surface area contributed by atoms with E-state index in [-0.39, 0.29) is 11.6 Å². The predicted octanol–water partition coefficient (Wildman–Crippen LogP) is 3.49. The highest BCUT2D eigenvalue weighted by Gasteiger charge is 2.51. The van der Waals surface area contributed by atoms with Crippen LogP contribution in [0.1, 0.15) is 44.1 Å². The number of nitrogens with one attached hydrogen (secondary N) is 1. The fourth-order valence-corrected chi connectivity index (χ4v) is 6.71. The molecule has 5 fully saturated rings. The summed E-state index contributed by atoms with van der Waals surface area (Å²) in [6.07, 6.45) is 7.91. The molecule has 4 bridgehead atoms. The van der Waals surface area contributed by atoms with Gasteiger partial charge in [-0.15, -0.1) is 0 Å². The lowest BCUT2D eigenvalue weighted by Gasteiger charge is -2.57. The van der Waals surface area contributed by atoms with Gasteiger partial charge in [-0.25, -0.2) is 4.79 Å². The van der Waals surface area contributed by atoms with Gasteiger partial charge in [0.05, 0.1) is 7.11 Å². The number of urea groups is 1. The summed E-state index contributed by atoms with van der Waals surface area (Å²) in [5.41, 5.74) is 1.38. The topological polar surface area (TPSA) is 44.8 Å². The molecule has 1 N–H and O–H groups in total. The molecule has 1 aromatic carbocycles. The van der Waals surface area contributed by atoms with Crippen molar-refractivity contribution in [1.29, 1.82) is 0 Å². The van der Waals surface area contributed by atoms with Gasteiger partial charge in [-0.3, -0.25) is 4.90 Å². The van der Waals surface area contributed by atoms with Gasteiger partial charge in [0.2, 0.25) is 0 Å². The number of amides is 2. The van der Waals surface area contributed by atoms with E-state index in [0.717, 1.165) is 56.2 Å². The van der Waals surface area contributed by atoms with Crippen LogP contribution in [0.25, 0.3) is 0 Å². The van der Waals surface area contributed by atoms with E-state index in [1.807, 2.05) is 17.0 Å². The Morgan fingerprint density at radius 2 is 1.71 bits per heavy atom. The van der Waals surface area contributed by atoms with Crippen molar-refractivity contribution in [2.75, 3.05) is 33.3 Å². The summed E-state index contributed by atoms with van der Waals surface area (Å²) >= 11 is 0. The molecule has 0 spiro atoms. The van der Waals surface area contributed by atoms with Crippen molar-refractivity contribution >= 4 is 6.03 Å². The second-order valence-electron chi connectivity index (χ2n) is 9.74. The minimum Gasteiger partial charge on any atom is -0.497 e. The Balaban J connectivity index is 1.14. The van der Waals surface area contributed by atoms with Gasteiger partial charge >= 0.3 is 6.03 Å². The molecule has 4 aliphatic carbocycles. The normalized spacial score (nSPS) is 34.5. The summed E-state index contributed by atoms with van der Waals surface area (Å²) in [5.74, 6) is 3.51. The van der Waals surface area contributed by atoms with E-state index in [4.69, 9.17) is 4.74 Å². The Morgan fingerprint density at radius 3 is 2.32 bits per heavy atom. The molecule has 5 heteroatoms. The van der Waals surface area contributed by atoms with Crippen molar-refractivity contribution in [2.24, 2.45) is 17.8 Å². The monoisotopic (exact) mass is 383 g/mol. The van der Waals surface area contributed by atoms with Gasteiger partial charge in [-0.05, 0) is 74.0 Å². The van der Waals surface area contributed by atoms with Gasteiger partial charge in [0.25, 0.3) is 0 Å². The molecule has 6 rings (SSSR count). The molecule has 0 atom stereocenters. The van der Waals surface area contributed by atoms with Crippen molar-refractivity contribution < 1.29 is 9.53 Å². The van der Waals surface area contributed by atoms with Crippen molar-refractivity contribution in [3.8, 4) is 5.75 Å². The highest BCUT2D eigenvalue weighted by molar-refractivity contribution is 5.75. The number of benzene rings is 1. The average Bonchev–Trinajstić information content (AvgIpc) is 2.67. The maximum absolute atomic E-state index is 13.0. The first-order chi connectivity index (χ1) is 13.6. The molecule has 1 aromatic rings. The molecule has 0 unspecified atom stereocenters. The molecule has 5 nitrogen and oxygen atoms in total. The van der Waals surface area contributed by atoms with E-state index in [1.54, 1.807) is 7.11 Å². The fourth-order valence-electron chi connectivity index (χ4n) is 6.71. The van der Waals surface area contributed by atoms with Crippen LogP contribution in [-0.4, -0.2) is 54.7 Å². The number of methoxy groups -OCH3 is 1. The number of ether oxygens (including phenoxy) is 1. The van der Waals surface area contributed by atoms with E-state index in [9.17, 15) is 4.79 Å². The Kier molecular flexibility index (Phi) is 4.74. The maximum Gasteiger partial charge on any atom is 0.317 e. The Hall–Kier alpha value is -1.75. The van der Waals surface area contributed by atoms with Crippen molar-refractivity contribution in [3.05, 3.63) is 29.8 Å². The largest absolute Gasteiger partial charge is 0.497 e. The lowest BCUT2D eigenvalue weighted by Crippen LogP contribution is -2.63. The lowest BCUT2D eigenvalue weighted by molar-refractivity contribution is -0.0165. The molecular weight excluding hydrogens is 350 g/mol. The molecule has 5 aliphatic rings. The standard InChI is InChI=1S/C23H33N3O2/c1-28-21-4-2-3-17(12-21)16-25-5-7-26(8-6-25)22(27)24-23-13-18-9-19(14-23)11-20(10-18)15-23/h2-4,12,18-20H,5-11,13-16H2,1H3,(H,24,27). The molecule has 28 heavy (non-hydrogen) atoms. The van der Waals surface area contributed by atoms with Crippen LogP contribution in [0.5, 0.6) is 5.75 Å². The van der Waals surface area contributed by atoms with E-state index in [0.29, 0.717) is 0 Å². The molecule has 1 saturated heterocycles. The van der Waals surface area contributed by atoms with Gasteiger partial charge in [-0.2, -0.15) is 0 Å². The molecule has 1 aliphatic heterocycles. The lowest BCUT2D eigenvalue weighted by atomic mass is 9.53.